The number of hydrogen-bond acceptors (Lipinski definition) is 7. The predicted molar refractivity (Wildman–Crippen MR) is 161 cm³/mol. The minimum atomic E-state index is -0.445. The van der Waals surface area contributed by atoms with E-state index in [9.17, 15) is 9.59 Å². The van der Waals surface area contributed by atoms with Crippen LogP contribution in [0.5, 0.6) is 23.0 Å². The van der Waals surface area contributed by atoms with E-state index < -0.39 is 6.10 Å². The van der Waals surface area contributed by atoms with Gasteiger partial charge in [0.05, 0.1) is 19.8 Å². The Bertz CT molecular complexity index is 1390. The average Bonchev–Trinajstić information content (AvgIpc) is 2.97. The number of hydrogen-bond donors (Lipinski definition) is 0. The molecule has 220 valence electrons. The maximum atomic E-state index is 14.2. The van der Waals surface area contributed by atoms with Crippen LogP contribution in [0.3, 0.4) is 0 Å². The maximum absolute atomic E-state index is 14.2. The summed E-state index contributed by atoms with van der Waals surface area (Å²) in [5, 5.41) is 0.311. The number of carbonyl (C=O) groups excluding carboxylic acids is 1. The van der Waals surface area contributed by atoms with Gasteiger partial charge in [0.1, 0.15) is 34.3 Å². The van der Waals surface area contributed by atoms with Crippen LogP contribution < -0.4 is 24.4 Å². The monoisotopic (exact) mass is 562 g/mol. The first kappa shape index (κ1) is 30.2. The summed E-state index contributed by atoms with van der Waals surface area (Å²) in [6.45, 7) is 9.83. The van der Waals surface area contributed by atoms with Gasteiger partial charge in [-0.3, -0.25) is 9.59 Å². The van der Waals surface area contributed by atoms with Crippen molar-refractivity contribution in [3.05, 3.63) is 58.8 Å². The number of unbranched alkanes of at least 4 members (excludes halogenated alkanes) is 3. The number of ether oxygens (including phenoxy) is 4. The van der Waals surface area contributed by atoms with E-state index in [0.29, 0.717) is 60.0 Å². The van der Waals surface area contributed by atoms with E-state index in [1.165, 1.54) is 6.08 Å². The predicted octanol–water partition coefficient (Wildman–Crippen LogP) is 7.91. The molecule has 1 aromatic heterocycles. The van der Waals surface area contributed by atoms with Crippen LogP contribution in [0.1, 0.15) is 72.6 Å². The lowest BCUT2D eigenvalue weighted by Crippen LogP contribution is -2.27. The Balaban J connectivity index is 1.83. The highest BCUT2D eigenvalue weighted by Crippen LogP contribution is 2.38. The van der Waals surface area contributed by atoms with Gasteiger partial charge in [-0.15, -0.1) is 0 Å². The summed E-state index contributed by atoms with van der Waals surface area (Å²) in [4.78, 5) is 26.3. The highest BCUT2D eigenvalue weighted by Gasteiger charge is 2.27. The third-order valence-corrected chi connectivity index (χ3v) is 7.11. The topological polar surface area (TPSA) is 84.2 Å². The molecule has 1 heterocycles. The van der Waals surface area contributed by atoms with Gasteiger partial charge in [0.25, 0.3) is 0 Å². The van der Waals surface area contributed by atoms with Crippen molar-refractivity contribution in [1.82, 2.24) is 0 Å². The molecule has 0 saturated heterocycles. The first-order chi connectivity index (χ1) is 19.9. The molecular formula is C34H42O7. The van der Waals surface area contributed by atoms with Crippen LogP contribution >= 0.6 is 0 Å². The highest BCUT2D eigenvalue weighted by atomic mass is 16.5. The fraction of sp³-hybridized carbons (Fsp3) is 0.471. The lowest BCUT2D eigenvalue weighted by atomic mass is 9.93. The number of benzene rings is 2. The van der Waals surface area contributed by atoms with Crippen molar-refractivity contribution in [1.29, 1.82) is 0 Å². The molecule has 7 nitrogen and oxygen atoms in total. The molecule has 0 spiro atoms. The summed E-state index contributed by atoms with van der Waals surface area (Å²) in [5.41, 5.74) is 0.717. The van der Waals surface area contributed by atoms with Crippen LogP contribution in [0.15, 0.2) is 57.8 Å². The van der Waals surface area contributed by atoms with E-state index in [1.807, 2.05) is 31.2 Å². The lowest BCUT2D eigenvalue weighted by molar-refractivity contribution is -0.118. The van der Waals surface area contributed by atoms with E-state index in [1.54, 1.807) is 18.2 Å². The standard InChI is InChI=1S/C34H42O7/c1-5-8-17-37-25-13-11-24(12-14-25)33-34(40-26-15-16-28(35)23(4)20-26)32(36)31-29(39-19-10-7-3)21-27(22-30(31)41-33)38-18-9-6-2/h11-16,21-23,26H,5-10,17-20H2,1-4H3/t23-,26?/m1/s1. The Hall–Kier alpha value is -3.74. The summed E-state index contributed by atoms with van der Waals surface area (Å²) in [7, 11) is 0. The van der Waals surface area contributed by atoms with Gasteiger partial charge < -0.3 is 23.4 Å². The van der Waals surface area contributed by atoms with Gasteiger partial charge in [0.15, 0.2) is 11.5 Å². The molecule has 0 bridgehead atoms. The molecule has 1 unspecified atom stereocenters. The van der Waals surface area contributed by atoms with Crippen molar-refractivity contribution >= 4 is 16.8 Å². The van der Waals surface area contributed by atoms with Gasteiger partial charge in [-0.1, -0.05) is 47.0 Å². The molecule has 3 aromatic rings. The molecule has 0 fully saturated rings. The smallest absolute Gasteiger partial charge is 0.239 e. The number of ketones is 1. The second-order valence-corrected chi connectivity index (χ2v) is 10.6. The molecule has 2 atom stereocenters. The zero-order valence-corrected chi connectivity index (χ0v) is 24.7. The Morgan fingerprint density at radius 3 is 2.10 bits per heavy atom. The van der Waals surface area contributed by atoms with E-state index in [-0.39, 0.29) is 22.9 Å². The molecular weight excluding hydrogens is 520 g/mol. The van der Waals surface area contributed by atoms with Crippen LogP contribution in [0, 0.1) is 5.92 Å². The summed E-state index contributed by atoms with van der Waals surface area (Å²) in [6, 6.07) is 11.0. The zero-order valence-electron chi connectivity index (χ0n) is 24.7. The SMILES string of the molecule is CCCCOc1ccc(-c2oc3cc(OCCCC)cc(OCCCC)c3c(=O)c2OC2C=CC(=O)[C@H](C)C2)cc1. The third-order valence-electron chi connectivity index (χ3n) is 7.11. The van der Waals surface area contributed by atoms with Gasteiger partial charge in [0.2, 0.25) is 11.2 Å². The Labute approximate surface area is 242 Å². The van der Waals surface area contributed by atoms with Gasteiger partial charge in [-0.25, -0.2) is 0 Å². The van der Waals surface area contributed by atoms with Crippen LogP contribution in [-0.2, 0) is 4.79 Å². The quantitative estimate of drug-likeness (QED) is 0.174. The van der Waals surface area contributed by atoms with Gasteiger partial charge in [-0.05, 0) is 62.1 Å². The summed E-state index contributed by atoms with van der Waals surface area (Å²) < 4.78 is 30.7. The van der Waals surface area contributed by atoms with E-state index in [2.05, 4.69) is 20.8 Å². The molecule has 0 radical (unpaired) electrons. The van der Waals surface area contributed by atoms with E-state index >= 15 is 0 Å². The lowest BCUT2D eigenvalue weighted by Gasteiger charge is -2.23. The van der Waals surface area contributed by atoms with Crippen LogP contribution in [0.2, 0.25) is 0 Å². The van der Waals surface area contributed by atoms with Crippen LogP contribution in [0.4, 0.5) is 0 Å². The number of fused-ring (bicyclic) bond motifs is 1. The van der Waals surface area contributed by atoms with Crippen molar-refractivity contribution in [3.63, 3.8) is 0 Å². The van der Waals surface area contributed by atoms with Crippen molar-refractivity contribution in [2.45, 2.75) is 78.7 Å². The number of allylic oxidation sites excluding steroid dienone is 1. The molecule has 1 aliphatic carbocycles. The number of rotatable bonds is 15. The normalized spacial score (nSPS) is 16.6. The molecule has 0 aliphatic heterocycles. The number of carbonyl (C=O) groups is 1. The minimum Gasteiger partial charge on any atom is -0.494 e. The largest absolute Gasteiger partial charge is 0.494 e. The molecule has 2 aromatic carbocycles. The molecule has 41 heavy (non-hydrogen) atoms. The fourth-order valence-corrected chi connectivity index (χ4v) is 4.58. The van der Waals surface area contributed by atoms with Crippen LogP contribution in [-0.4, -0.2) is 31.7 Å². The molecule has 7 heteroatoms. The third kappa shape index (κ3) is 7.72. The second kappa shape index (κ2) is 14.8. The molecule has 0 N–H and O–H groups in total. The minimum absolute atomic E-state index is 0.0523. The van der Waals surface area contributed by atoms with Crippen molar-refractivity contribution in [3.8, 4) is 34.3 Å². The van der Waals surface area contributed by atoms with Gasteiger partial charge in [-0.2, -0.15) is 0 Å². The second-order valence-electron chi connectivity index (χ2n) is 10.6. The van der Waals surface area contributed by atoms with Crippen molar-refractivity contribution in [2.24, 2.45) is 5.92 Å². The van der Waals surface area contributed by atoms with Gasteiger partial charge in [0, 0.05) is 23.6 Å². The summed E-state index contributed by atoms with van der Waals surface area (Å²) >= 11 is 0. The van der Waals surface area contributed by atoms with Gasteiger partial charge >= 0.3 is 0 Å². The van der Waals surface area contributed by atoms with Crippen molar-refractivity contribution in [2.75, 3.05) is 19.8 Å². The summed E-state index contributed by atoms with van der Waals surface area (Å²) in [5.74, 6) is 2.00. The molecule has 0 saturated carbocycles. The first-order valence-corrected chi connectivity index (χ1v) is 15.0. The Morgan fingerprint density at radius 2 is 1.46 bits per heavy atom. The zero-order chi connectivity index (χ0) is 29.2. The average molecular weight is 563 g/mol. The Morgan fingerprint density at radius 1 is 0.829 bits per heavy atom. The fourth-order valence-electron chi connectivity index (χ4n) is 4.58. The maximum Gasteiger partial charge on any atom is 0.239 e. The first-order valence-electron chi connectivity index (χ1n) is 15.0. The van der Waals surface area contributed by atoms with Crippen molar-refractivity contribution < 1.29 is 28.2 Å². The summed E-state index contributed by atoms with van der Waals surface area (Å²) in [6.07, 6.45) is 9.02. The highest BCUT2D eigenvalue weighted by molar-refractivity contribution is 5.92. The van der Waals surface area contributed by atoms with Crippen LogP contribution in [0.25, 0.3) is 22.3 Å². The Kier molecular flexibility index (Phi) is 10.9. The van der Waals surface area contributed by atoms with E-state index in [4.69, 9.17) is 23.4 Å². The molecule has 1 aliphatic rings. The molecule has 4 rings (SSSR count). The molecule has 0 amide bonds. The van der Waals surface area contributed by atoms with E-state index in [0.717, 1.165) is 44.3 Å².